The Hall–Kier alpha value is -1.75. The number of aryl methyl sites for hydroxylation is 2. The van der Waals surface area contributed by atoms with Crippen LogP contribution in [-0.4, -0.2) is 11.1 Å². The van der Waals surface area contributed by atoms with Crippen LogP contribution in [0.25, 0.3) is 0 Å². The molecular weight excluding hydrogens is 200 g/mol. The van der Waals surface area contributed by atoms with Crippen molar-refractivity contribution in [1.82, 2.24) is 0 Å². The fourth-order valence-corrected chi connectivity index (χ4v) is 1.10. The molecule has 1 rings (SSSR count). The van der Waals surface area contributed by atoms with Gasteiger partial charge in [-0.05, 0) is 18.9 Å². The molecule has 0 fully saturated rings. The number of carbonyl (C=O) groups is 1. The molecule has 0 atom stereocenters. The summed E-state index contributed by atoms with van der Waals surface area (Å²) < 4.78 is 0. The Balaban J connectivity index is 0.00000106. The van der Waals surface area contributed by atoms with Crippen molar-refractivity contribution in [2.45, 2.75) is 33.6 Å². The summed E-state index contributed by atoms with van der Waals surface area (Å²) in [6.07, 6.45) is 1.40. The molecule has 1 N–H and O–H groups in total. The lowest BCUT2D eigenvalue weighted by Crippen LogP contribution is -1.88. The van der Waals surface area contributed by atoms with Gasteiger partial charge in [0.25, 0.3) is 0 Å². The molecule has 0 amide bonds. The van der Waals surface area contributed by atoms with Gasteiger partial charge in [0.1, 0.15) is 0 Å². The summed E-state index contributed by atoms with van der Waals surface area (Å²) >= 11 is 0. The second-order valence-electron chi connectivity index (χ2n) is 3.09. The maximum Gasteiger partial charge on any atom is 0.381 e. The van der Waals surface area contributed by atoms with Crippen LogP contribution in [0.5, 0.6) is 0 Å². The highest BCUT2D eigenvalue weighted by Gasteiger charge is 1.90. The number of hydrogen-bond donors (Lipinski definition) is 1. The third kappa shape index (κ3) is 6.67. The Morgan fingerprint density at radius 3 is 2.31 bits per heavy atom. The molecular formula is C14H18O2. The van der Waals surface area contributed by atoms with E-state index in [2.05, 4.69) is 11.8 Å². The van der Waals surface area contributed by atoms with E-state index in [0.29, 0.717) is 6.42 Å². The predicted molar refractivity (Wildman–Crippen MR) is 66.3 cm³/mol. The summed E-state index contributed by atoms with van der Waals surface area (Å²) in [5.41, 5.74) is 2.42. The number of rotatable bonds is 2. The number of hydrogen-bond acceptors (Lipinski definition) is 1. The first-order chi connectivity index (χ1) is 7.68. The van der Waals surface area contributed by atoms with Crippen LogP contribution in [-0.2, 0) is 11.2 Å². The number of aliphatic carboxylic acids is 1. The molecule has 0 radical (unpaired) electrons. The number of carboxylic acids is 1. The normalized spacial score (nSPS) is 8.19. The summed E-state index contributed by atoms with van der Waals surface area (Å²) in [7, 11) is 0. The lowest BCUT2D eigenvalue weighted by molar-refractivity contribution is -0.130. The highest BCUT2D eigenvalue weighted by atomic mass is 16.4. The Kier molecular flexibility index (Phi) is 7.61. The minimum atomic E-state index is -1.06. The number of benzene rings is 1. The average Bonchev–Trinajstić information content (AvgIpc) is 2.29. The zero-order chi connectivity index (χ0) is 12.4. The number of carboxylic acid groups (broad SMARTS) is 1. The highest BCUT2D eigenvalue weighted by molar-refractivity contribution is 5.86. The fraction of sp³-hybridized carbons (Fsp3) is 0.357. The van der Waals surface area contributed by atoms with Crippen LogP contribution in [0, 0.1) is 18.8 Å². The molecule has 0 heterocycles. The van der Waals surface area contributed by atoms with Gasteiger partial charge < -0.3 is 5.11 Å². The molecule has 0 aliphatic carbocycles. The lowest BCUT2D eigenvalue weighted by atomic mass is 10.1. The van der Waals surface area contributed by atoms with Crippen LogP contribution in [0.1, 0.15) is 31.4 Å². The molecule has 16 heavy (non-hydrogen) atoms. The molecule has 0 bridgehead atoms. The quantitative estimate of drug-likeness (QED) is 0.775. The van der Waals surface area contributed by atoms with Gasteiger partial charge >= 0.3 is 5.97 Å². The molecule has 0 aliphatic heterocycles. The summed E-state index contributed by atoms with van der Waals surface area (Å²) in [6.45, 7) is 6.04. The average molecular weight is 218 g/mol. The van der Waals surface area contributed by atoms with E-state index in [0.717, 1.165) is 6.42 Å². The SMILES string of the molecule is CC.Cc1ccc(CCC#CC(=O)O)cc1. The Morgan fingerprint density at radius 1 is 1.25 bits per heavy atom. The van der Waals surface area contributed by atoms with E-state index < -0.39 is 5.97 Å². The highest BCUT2D eigenvalue weighted by Crippen LogP contribution is 2.04. The van der Waals surface area contributed by atoms with Crippen molar-refractivity contribution in [3.05, 3.63) is 35.4 Å². The third-order valence-corrected chi connectivity index (χ3v) is 1.85. The largest absolute Gasteiger partial charge is 0.472 e. The van der Waals surface area contributed by atoms with Crippen LogP contribution in [0.15, 0.2) is 24.3 Å². The first kappa shape index (κ1) is 14.2. The van der Waals surface area contributed by atoms with E-state index in [1.807, 2.05) is 45.0 Å². The van der Waals surface area contributed by atoms with Crippen LogP contribution in [0.4, 0.5) is 0 Å². The van der Waals surface area contributed by atoms with Gasteiger partial charge in [0, 0.05) is 12.3 Å². The Bertz CT molecular complexity index is 366. The minimum Gasteiger partial charge on any atom is -0.472 e. The summed E-state index contributed by atoms with van der Waals surface area (Å²) in [5, 5.41) is 8.27. The van der Waals surface area contributed by atoms with Crippen molar-refractivity contribution in [1.29, 1.82) is 0 Å². The molecule has 0 saturated carbocycles. The van der Waals surface area contributed by atoms with E-state index in [-0.39, 0.29) is 0 Å². The molecule has 0 aliphatic rings. The van der Waals surface area contributed by atoms with Gasteiger partial charge in [-0.15, -0.1) is 0 Å². The van der Waals surface area contributed by atoms with E-state index in [4.69, 9.17) is 5.11 Å². The summed E-state index contributed by atoms with van der Waals surface area (Å²) in [5.74, 6) is 3.63. The third-order valence-electron chi connectivity index (χ3n) is 1.85. The van der Waals surface area contributed by atoms with Crippen LogP contribution >= 0.6 is 0 Å². The van der Waals surface area contributed by atoms with Crippen LogP contribution in [0.3, 0.4) is 0 Å². The second-order valence-corrected chi connectivity index (χ2v) is 3.09. The zero-order valence-corrected chi connectivity index (χ0v) is 10.1. The van der Waals surface area contributed by atoms with Crippen molar-refractivity contribution in [2.75, 3.05) is 0 Å². The lowest BCUT2D eigenvalue weighted by Gasteiger charge is -1.97. The molecule has 0 saturated heterocycles. The van der Waals surface area contributed by atoms with Gasteiger partial charge in [-0.2, -0.15) is 0 Å². The van der Waals surface area contributed by atoms with E-state index >= 15 is 0 Å². The van der Waals surface area contributed by atoms with Crippen molar-refractivity contribution in [2.24, 2.45) is 0 Å². The van der Waals surface area contributed by atoms with Crippen molar-refractivity contribution >= 4 is 5.97 Å². The van der Waals surface area contributed by atoms with Crippen LogP contribution < -0.4 is 0 Å². The first-order valence-electron chi connectivity index (χ1n) is 5.46. The minimum absolute atomic E-state index is 0.593. The standard InChI is InChI=1S/C12H12O2.C2H6/c1-10-6-8-11(9-7-10)4-2-3-5-12(13)14;1-2/h6-9H,2,4H2,1H3,(H,13,14);1-2H3. The van der Waals surface area contributed by atoms with Gasteiger partial charge in [0.15, 0.2) is 0 Å². The molecule has 0 unspecified atom stereocenters. The Morgan fingerprint density at radius 2 is 1.81 bits per heavy atom. The molecule has 1 aromatic carbocycles. The van der Waals surface area contributed by atoms with Gasteiger partial charge in [-0.25, -0.2) is 4.79 Å². The Labute approximate surface area is 97.3 Å². The van der Waals surface area contributed by atoms with Gasteiger partial charge in [-0.1, -0.05) is 49.6 Å². The molecule has 86 valence electrons. The second kappa shape index (κ2) is 8.55. The molecule has 0 aromatic heterocycles. The monoisotopic (exact) mass is 218 g/mol. The van der Waals surface area contributed by atoms with E-state index in [1.165, 1.54) is 11.1 Å². The fourth-order valence-electron chi connectivity index (χ4n) is 1.10. The van der Waals surface area contributed by atoms with E-state index in [9.17, 15) is 4.79 Å². The molecule has 2 nitrogen and oxygen atoms in total. The van der Waals surface area contributed by atoms with Crippen molar-refractivity contribution in [3.63, 3.8) is 0 Å². The summed E-state index contributed by atoms with van der Waals surface area (Å²) in [6, 6.07) is 8.16. The van der Waals surface area contributed by atoms with Crippen molar-refractivity contribution < 1.29 is 9.90 Å². The zero-order valence-electron chi connectivity index (χ0n) is 10.1. The molecule has 0 spiro atoms. The first-order valence-corrected chi connectivity index (χ1v) is 5.46. The van der Waals surface area contributed by atoms with Gasteiger partial charge in [-0.3, -0.25) is 0 Å². The van der Waals surface area contributed by atoms with E-state index in [1.54, 1.807) is 0 Å². The molecule has 1 aromatic rings. The smallest absolute Gasteiger partial charge is 0.381 e. The summed E-state index contributed by atoms with van der Waals surface area (Å²) in [4.78, 5) is 10.1. The predicted octanol–water partition coefficient (Wildman–Crippen LogP) is 3.04. The van der Waals surface area contributed by atoms with Gasteiger partial charge in [0.2, 0.25) is 0 Å². The van der Waals surface area contributed by atoms with Gasteiger partial charge in [0.05, 0.1) is 0 Å². The maximum absolute atomic E-state index is 10.1. The maximum atomic E-state index is 10.1. The topological polar surface area (TPSA) is 37.3 Å². The van der Waals surface area contributed by atoms with Crippen molar-refractivity contribution in [3.8, 4) is 11.8 Å². The molecule has 2 heteroatoms. The van der Waals surface area contributed by atoms with Crippen LogP contribution in [0.2, 0.25) is 0 Å².